The summed E-state index contributed by atoms with van der Waals surface area (Å²) in [6.07, 6.45) is -0.241. The summed E-state index contributed by atoms with van der Waals surface area (Å²) in [6.45, 7) is 21.1. The van der Waals surface area contributed by atoms with Crippen LogP contribution < -0.4 is 4.74 Å². The molecule has 36 heavy (non-hydrogen) atoms. The Hall–Kier alpha value is -1.02. The van der Waals surface area contributed by atoms with Gasteiger partial charge in [0.2, 0.25) is 0 Å². The molecule has 3 heterocycles. The first kappa shape index (κ1) is 29.5. The molecule has 0 spiro atoms. The lowest BCUT2D eigenvalue weighted by atomic mass is 10.1. The minimum Gasteiger partial charge on any atom is -0.459 e. The molecule has 1 fully saturated rings. The second-order valence-electron chi connectivity index (χ2n) is 12.5. The minimum atomic E-state index is -2.06. The van der Waals surface area contributed by atoms with Crippen molar-refractivity contribution in [3.05, 3.63) is 16.8 Å². The van der Waals surface area contributed by atoms with E-state index in [1.807, 2.05) is 17.6 Å². The molecule has 11 heteroatoms. The molecule has 204 valence electrons. The largest absolute Gasteiger partial charge is 0.459 e. The number of aliphatic hydroxyl groups excluding tert-OH is 1. The Bertz CT molecular complexity index is 1040. The van der Waals surface area contributed by atoms with Crippen molar-refractivity contribution in [1.29, 1.82) is 0 Å². The average Bonchev–Trinajstić information content (AvgIpc) is 3.33. The van der Waals surface area contributed by atoms with Crippen molar-refractivity contribution < 1.29 is 23.7 Å². The fourth-order valence-electron chi connectivity index (χ4n) is 3.74. The number of aryl methyl sites for hydroxylation is 1. The summed E-state index contributed by atoms with van der Waals surface area (Å²) >= 11 is 6.32. The summed E-state index contributed by atoms with van der Waals surface area (Å²) < 4.78 is 26.8. The first-order valence-electron chi connectivity index (χ1n) is 12.8. The highest BCUT2D eigenvalue weighted by molar-refractivity contribution is 6.76. The average molecular weight is 558 g/mol. The summed E-state index contributed by atoms with van der Waals surface area (Å²) in [5, 5.41) is 10.7. The standard InChI is InChI=1S/C25H44ClN3O5Si2/c1-17-19(26)13-20-23(27-17)29(16-31-10-11-35(5,6)7)24(28-20)33-18-12-21(32-15-18)22(14-30)34-36(8,9)25(2,3)4/h13,18,21-22,30H,10-12,14-16H2,1-9H3. The lowest BCUT2D eigenvalue weighted by molar-refractivity contribution is -0.0221. The van der Waals surface area contributed by atoms with Gasteiger partial charge in [-0.05, 0) is 37.2 Å². The second-order valence-corrected chi connectivity index (χ2v) is 23.3. The Balaban J connectivity index is 1.74. The molecule has 3 atom stereocenters. The molecule has 3 unspecified atom stereocenters. The van der Waals surface area contributed by atoms with Crippen LogP contribution in [-0.4, -0.2) is 74.2 Å². The van der Waals surface area contributed by atoms with Crippen LogP contribution in [0.3, 0.4) is 0 Å². The number of aliphatic hydroxyl groups is 1. The number of fused-ring (bicyclic) bond motifs is 1. The van der Waals surface area contributed by atoms with Gasteiger partial charge in [0.1, 0.15) is 18.4 Å². The molecule has 1 saturated heterocycles. The first-order chi connectivity index (χ1) is 16.6. The molecule has 0 bridgehead atoms. The molecule has 2 aromatic rings. The van der Waals surface area contributed by atoms with Crippen LogP contribution in [-0.2, 0) is 20.6 Å². The monoisotopic (exact) mass is 557 g/mol. The third-order valence-corrected chi connectivity index (χ3v) is 13.7. The van der Waals surface area contributed by atoms with Crippen molar-refractivity contribution in [2.24, 2.45) is 0 Å². The van der Waals surface area contributed by atoms with Gasteiger partial charge in [0, 0.05) is 21.1 Å². The molecule has 1 aliphatic rings. The predicted molar refractivity (Wildman–Crippen MR) is 149 cm³/mol. The highest BCUT2D eigenvalue weighted by atomic mass is 35.5. The van der Waals surface area contributed by atoms with E-state index in [4.69, 9.17) is 30.2 Å². The quantitative estimate of drug-likeness (QED) is 0.283. The molecule has 2 aromatic heterocycles. The molecular formula is C25H44ClN3O5Si2. The van der Waals surface area contributed by atoms with Crippen LogP contribution in [0.25, 0.3) is 11.2 Å². The Morgan fingerprint density at radius 3 is 2.53 bits per heavy atom. The maximum absolute atomic E-state index is 10.1. The lowest BCUT2D eigenvalue weighted by Crippen LogP contribution is -2.48. The van der Waals surface area contributed by atoms with E-state index in [0.717, 1.165) is 11.7 Å². The molecule has 0 amide bonds. The van der Waals surface area contributed by atoms with Crippen LogP contribution in [0.2, 0.25) is 48.8 Å². The van der Waals surface area contributed by atoms with Crippen molar-refractivity contribution >= 4 is 39.2 Å². The van der Waals surface area contributed by atoms with E-state index in [-0.39, 0.29) is 30.0 Å². The lowest BCUT2D eigenvalue weighted by Gasteiger charge is -2.40. The van der Waals surface area contributed by atoms with Gasteiger partial charge in [-0.2, -0.15) is 4.98 Å². The third kappa shape index (κ3) is 7.30. The van der Waals surface area contributed by atoms with Gasteiger partial charge in [-0.3, -0.25) is 4.57 Å². The first-order valence-corrected chi connectivity index (χ1v) is 19.8. The number of aromatic nitrogens is 3. The Kier molecular flexibility index (Phi) is 9.34. The third-order valence-electron chi connectivity index (χ3n) is 7.14. The molecule has 0 aromatic carbocycles. The van der Waals surface area contributed by atoms with Crippen LogP contribution >= 0.6 is 11.6 Å². The van der Waals surface area contributed by atoms with Crippen molar-refractivity contribution in [1.82, 2.24) is 14.5 Å². The van der Waals surface area contributed by atoms with Gasteiger partial charge in [0.05, 0.1) is 36.1 Å². The van der Waals surface area contributed by atoms with E-state index in [9.17, 15) is 5.11 Å². The van der Waals surface area contributed by atoms with E-state index in [1.165, 1.54) is 0 Å². The van der Waals surface area contributed by atoms with Crippen LogP contribution in [0.5, 0.6) is 6.01 Å². The maximum atomic E-state index is 10.1. The van der Waals surface area contributed by atoms with Crippen LogP contribution in [0.4, 0.5) is 0 Å². The molecule has 3 rings (SSSR count). The molecular weight excluding hydrogens is 514 g/mol. The Morgan fingerprint density at radius 1 is 1.22 bits per heavy atom. The molecule has 8 nitrogen and oxygen atoms in total. The van der Waals surface area contributed by atoms with E-state index in [0.29, 0.717) is 48.6 Å². The number of pyridine rings is 1. The smallest absolute Gasteiger partial charge is 0.300 e. The molecule has 1 aliphatic heterocycles. The van der Waals surface area contributed by atoms with Crippen molar-refractivity contribution in [2.75, 3.05) is 19.8 Å². The molecule has 0 aliphatic carbocycles. The Labute approximate surface area is 222 Å². The van der Waals surface area contributed by atoms with Gasteiger partial charge < -0.3 is 23.7 Å². The Morgan fingerprint density at radius 2 is 1.92 bits per heavy atom. The summed E-state index contributed by atoms with van der Waals surface area (Å²) in [5.41, 5.74) is 2.08. The summed E-state index contributed by atoms with van der Waals surface area (Å²) in [7, 11) is -3.26. The number of hydrogen-bond acceptors (Lipinski definition) is 7. The SMILES string of the molecule is Cc1nc2c(cc1Cl)nc(OC1COC(C(CO)O[Si](C)(C)C(C)(C)C)C1)n2COCC[Si](C)(C)C. The topological polar surface area (TPSA) is 87.9 Å². The molecule has 0 radical (unpaired) electrons. The van der Waals surface area contributed by atoms with Gasteiger partial charge in [-0.15, -0.1) is 0 Å². The highest BCUT2D eigenvalue weighted by Gasteiger charge is 2.43. The summed E-state index contributed by atoms with van der Waals surface area (Å²) in [4.78, 5) is 9.34. The second kappa shape index (κ2) is 11.4. The van der Waals surface area contributed by atoms with E-state index in [1.54, 1.807) is 0 Å². The van der Waals surface area contributed by atoms with E-state index < -0.39 is 16.4 Å². The van der Waals surface area contributed by atoms with Gasteiger partial charge >= 0.3 is 6.01 Å². The zero-order valence-corrected chi connectivity index (χ0v) is 26.1. The van der Waals surface area contributed by atoms with E-state index >= 15 is 0 Å². The van der Waals surface area contributed by atoms with Crippen molar-refractivity contribution in [2.45, 2.75) is 103 Å². The number of rotatable bonds is 11. The number of nitrogens with zero attached hydrogens (tertiary/aromatic N) is 3. The highest BCUT2D eigenvalue weighted by Crippen LogP contribution is 2.38. The molecule has 1 N–H and O–H groups in total. The van der Waals surface area contributed by atoms with Gasteiger partial charge in [0.25, 0.3) is 0 Å². The zero-order chi connectivity index (χ0) is 26.9. The number of hydrogen-bond donors (Lipinski definition) is 1. The van der Waals surface area contributed by atoms with Crippen LogP contribution in [0.1, 0.15) is 32.9 Å². The fourth-order valence-corrected chi connectivity index (χ4v) is 5.98. The zero-order valence-electron chi connectivity index (χ0n) is 23.4. The summed E-state index contributed by atoms with van der Waals surface area (Å²) in [6, 6.07) is 3.32. The molecule has 0 saturated carbocycles. The normalized spacial score (nSPS) is 20.3. The van der Waals surface area contributed by atoms with Crippen molar-refractivity contribution in [3.63, 3.8) is 0 Å². The van der Waals surface area contributed by atoms with E-state index in [2.05, 4.69) is 63.5 Å². The maximum Gasteiger partial charge on any atom is 0.300 e. The van der Waals surface area contributed by atoms with Crippen LogP contribution in [0.15, 0.2) is 6.07 Å². The fraction of sp³-hybridized carbons (Fsp3) is 0.760. The summed E-state index contributed by atoms with van der Waals surface area (Å²) in [5.74, 6) is 0. The number of halogens is 1. The number of ether oxygens (including phenoxy) is 3. The van der Waals surface area contributed by atoms with Gasteiger partial charge in [0.15, 0.2) is 14.0 Å². The minimum absolute atomic E-state index is 0.0433. The number of imidazole rings is 1. The van der Waals surface area contributed by atoms with Gasteiger partial charge in [-0.1, -0.05) is 52.0 Å². The van der Waals surface area contributed by atoms with Gasteiger partial charge in [-0.25, -0.2) is 4.98 Å². The van der Waals surface area contributed by atoms with Crippen molar-refractivity contribution in [3.8, 4) is 6.01 Å². The van der Waals surface area contributed by atoms with Crippen LogP contribution in [0, 0.1) is 6.92 Å². The predicted octanol–water partition coefficient (Wildman–Crippen LogP) is 5.62.